The summed E-state index contributed by atoms with van der Waals surface area (Å²) < 4.78 is 5.42. The lowest BCUT2D eigenvalue weighted by Gasteiger charge is -2.12. The summed E-state index contributed by atoms with van der Waals surface area (Å²) in [4.78, 5) is 1.23. The lowest BCUT2D eigenvalue weighted by atomic mass is 10.0. The molecule has 2 N–H and O–H groups in total. The predicted octanol–water partition coefficient (Wildman–Crippen LogP) is 3.50. The van der Waals surface area contributed by atoms with Crippen molar-refractivity contribution in [3.8, 4) is 5.75 Å². The second-order valence-electron chi connectivity index (χ2n) is 3.95. The first-order valence-electron chi connectivity index (χ1n) is 5.74. The van der Waals surface area contributed by atoms with Crippen LogP contribution in [0.15, 0.2) is 35.7 Å². The zero-order valence-electron chi connectivity index (χ0n) is 10.1. The van der Waals surface area contributed by atoms with Crippen molar-refractivity contribution in [2.24, 2.45) is 5.73 Å². The normalized spacial score (nSPS) is 12.4. The maximum atomic E-state index is 6.26. The van der Waals surface area contributed by atoms with E-state index in [9.17, 15) is 0 Å². The molecule has 1 heterocycles. The molecule has 0 saturated carbocycles. The van der Waals surface area contributed by atoms with Gasteiger partial charge in [-0.2, -0.15) is 0 Å². The minimum atomic E-state index is -0.0364. The van der Waals surface area contributed by atoms with E-state index in [2.05, 4.69) is 18.4 Å². The second kappa shape index (κ2) is 5.34. The first-order valence-corrected chi connectivity index (χ1v) is 6.62. The largest absolute Gasteiger partial charge is 0.494 e. The Morgan fingerprint density at radius 3 is 2.47 bits per heavy atom. The third-order valence-electron chi connectivity index (χ3n) is 2.73. The number of aryl methyl sites for hydroxylation is 1. The maximum Gasteiger partial charge on any atom is 0.119 e. The van der Waals surface area contributed by atoms with Gasteiger partial charge in [0.1, 0.15) is 5.75 Å². The molecule has 1 aromatic carbocycles. The van der Waals surface area contributed by atoms with Crippen LogP contribution in [0.2, 0.25) is 0 Å². The fraction of sp³-hybridized carbons (Fsp3) is 0.286. The van der Waals surface area contributed by atoms with E-state index >= 15 is 0 Å². The van der Waals surface area contributed by atoms with Crippen molar-refractivity contribution in [1.29, 1.82) is 0 Å². The van der Waals surface area contributed by atoms with Gasteiger partial charge in [-0.1, -0.05) is 12.1 Å². The Hall–Kier alpha value is -1.32. The molecule has 0 amide bonds. The van der Waals surface area contributed by atoms with Crippen LogP contribution in [-0.2, 0) is 0 Å². The molecule has 2 rings (SSSR count). The van der Waals surface area contributed by atoms with Crippen molar-refractivity contribution >= 4 is 11.3 Å². The first kappa shape index (κ1) is 12.1. The van der Waals surface area contributed by atoms with Crippen LogP contribution in [0.4, 0.5) is 0 Å². The molecule has 0 saturated heterocycles. The summed E-state index contributed by atoms with van der Waals surface area (Å²) in [5.74, 6) is 0.895. The van der Waals surface area contributed by atoms with E-state index in [4.69, 9.17) is 10.5 Å². The molecule has 1 atom stereocenters. The number of hydrogen-bond donors (Lipinski definition) is 1. The predicted molar refractivity (Wildman–Crippen MR) is 72.7 cm³/mol. The molecule has 2 nitrogen and oxygen atoms in total. The number of hydrogen-bond acceptors (Lipinski definition) is 3. The summed E-state index contributed by atoms with van der Waals surface area (Å²) in [6.07, 6.45) is 0. The molecule has 2 aromatic rings. The minimum Gasteiger partial charge on any atom is -0.494 e. The Morgan fingerprint density at radius 1 is 1.24 bits per heavy atom. The summed E-state index contributed by atoms with van der Waals surface area (Å²) in [7, 11) is 0. The van der Waals surface area contributed by atoms with Gasteiger partial charge in [-0.05, 0) is 48.6 Å². The first-order chi connectivity index (χ1) is 8.22. The molecule has 0 radical (unpaired) electrons. The van der Waals surface area contributed by atoms with E-state index in [0.29, 0.717) is 6.61 Å². The number of thiophene rings is 1. The molecule has 1 unspecified atom stereocenters. The smallest absolute Gasteiger partial charge is 0.119 e. The van der Waals surface area contributed by atoms with Gasteiger partial charge in [0, 0.05) is 4.88 Å². The van der Waals surface area contributed by atoms with Crippen LogP contribution in [0.25, 0.3) is 0 Å². The van der Waals surface area contributed by atoms with Gasteiger partial charge < -0.3 is 10.5 Å². The fourth-order valence-electron chi connectivity index (χ4n) is 1.79. The highest BCUT2D eigenvalue weighted by Crippen LogP contribution is 2.28. The highest BCUT2D eigenvalue weighted by Gasteiger charge is 2.12. The average molecular weight is 247 g/mol. The zero-order valence-corrected chi connectivity index (χ0v) is 11.0. The van der Waals surface area contributed by atoms with E-state index in [0.717, 1.165) is 11.3 Å². The van der Waals surface area contributed by atoms with Gasteiger partial charge >= 0.3 is 0 Å². The van der Waals surface area contributed by atoms with Crippen LogP contribution >= 0.6 is 11.3 Å². The van der Waals surface area contributed by atoms with E-state index in [1.54, 1.807) is 11.3 Å². The van der Waals surface area contributed by atoms with Crippen molar-refractivity contribution < 1.29 is 4.74 Å². The molecule has 17 heavy (non-hydrogen) atoms. The molecular weight excluding hydrogens is 230 g/mol. The maximum absolute atomic E-state index is 6.26. The highest BCUT2D eigenvalue weighted by molar-refractivity contribution is 7.10. The molecule has 3 heteroatoms. The standard InChI is InChI=1S/C14H17NOS/c1-3-16-12-6-4-11(5-7-12)13(15)14-10(2)8-9-17-14/h4-9,13H,3,15H2,1-2H3. The Labute approximate surface area is 106 Å². The number of benzene rings is 1. The van der Waals surface area contributed by atoms with E-state index in [1.165, 1.54) is 10.4 Å². The molecule has 0 aliphatic heterocycles. The molecule has 1 aromatic heterocycles. The molecule has 0 aliphatic carbocycles. The third kappa shape index (κ3) is 2.68. The zero-order chi connectivity index (χ0) is 12.3. The van der Waals surface area contributed by atoms with Gasteiger partial charge in [0.2, 0.25) is 0 Å². The minimum absolute atomic E-state index is 0.0364. The summed E-state index contributed by atoms with van der Waals surface area (Å²) in [6.45, 7) is 4.77. The topological polar surface area (TPSA) is 35.2 Å². The Morgan fingerprint density at radius 2 is 1.94 bits per heavy atom. The van der Waals surface area contributed by atoms with Crippen LogP contribution in [0.1, 0.15) is 29.0 Å². The Kier molecular flexibility index (Phi) is 3.82. The van der Waals surface area contributed by atoms with Crippen LogP contribution in [-0.4, -0.2) is 6.61 Å². The average Bonchev–Trinajstić information content (AvgIpc) is 2.76. The van der Waals surface area contributed by atoms with Crippen molar-refractivity contribution in [3.05, 3.63) is 51.7 Å². The SMILES string of the molecule is CCOc1ccc(C(N)c2sccc2C)cc1. The summed E-state index contributed by atoms with van der Waals surface area (Å²) in [5, 5.41) is 2.08. The van der Waals surface area contributed by atoms with Crippen LogP contribution in [0.3, 0.4) is 0 Å². The van der Waals surface area contributed by atoms with Gasteiger partial charge in [0.15, 0.2) is 0 Å². The fourth-order valence-corrected chi connectivity index (χ4v) is 2.75. The second-order valence-corrected chi connectivity index (χ2v) is 4.90. The molecule has 0 fully saturated rings. The van der Waals surface area contributed by atoms with Crippen LogP contribution in [0, 0.1) is 6.92 Å². The van der Waals surface area contributed by atoms with Crippen molar-refractivity contribution in [2.75, 3.05) is 6.61 Å². The molecule has 0 aliphatic rings. The monoisotopic (exact) mass is 247 g/mol. The van der Waals surface area contributed by atoms with E-state index < -0.39 is 0 Å². The van der Waals surface area contributed by atoms with Gasteiger partial charge in [-0.3, -0.25) is 0 Å². The van der Waals surface area contributed by atoms with Crippen LogP contribution < -0.4 is 10.5 Å². The quantitative estimate of drug-likeness (QED) is 0.897. The molecular formula is C14H17NOS. The van der Waals surface area contributed by atoms with Gasteiger partial charge in [0.25, 0.3) is 0 Å². The lowest BCUT2D eigenvalue weighted by Crippen LogP contribution is -2.11. The molecule has 90 valence electrons. The van der Waals surface area contributed by atoms with Gasteiger partial charge in [-0.25, -0.2) is 0 Å². The van der Waals surface area contributed by atoms with E-state index in [1.807, 2.05) is 31.2 Å². The summed E-state index contributed by atoms with van der Waals surface area (Å²) in [6, 6.07) is 10.1. The Bertz CT molecular complexity index is 475. The third-order valence-corrected chi connectivity index (χ3v) is 3.84. The lowest BCUT2D eigenvalue weighted by molar-refractivity contribution is 0.340. The van der Waals surface area contributed by atoms with Crippen molar-refractivity contribution in [2.45, 2.75) is 19.9 Å². The Balaban J connectivity index is 2.20. The molecule has 0 spiro atoms. The summed E-state index contributed by atoms with van der Waals surface area (Å²) >= 11 is 1.71. The summed E-state index contributed by atoms with van der Waals surface area (Å²) in [5.41, 5.74) is 8.64. The number of nitrogens with two attached hydrogens (primary N) is 1. The van der Waals surface area contributed by atoms with Crippen molar-refractivity contribution in [1.82, 2.24) is 0 Å². The van der Waals surface area contributed by atoms with Crippen LogP contribution in [0.5, 0.6) is 5.75 Å². The van der Waals surface area contributed by atoms with Crippen molar-refractivity contribution in [3.63, 3.8) is 0 Å². The van der Waals surface area contributed by atoms with E-state index in [-0.39, 0.29) is 6.04 Å². The highest BCUT2D eigenvalue weighted by atomic mass is 32.1. The molecule has 0 bridgehead atoms. The van der Waals surface area contributed by atoms with Gasteiger partial charge in [0.05, 0.1) is 12.6 Å². The number of rotatable bonds is 4. The van der Waals surface area contributed by atoms with Gasteiger partial charge in [-0.15, -0.1) is 11.3 Å². The number of ether oxygens (including phenoxy) is 1.